The van der Waals surface area contributed by atoms with Gasteiger partial charge in [-0.15, -0.1) is 0 Å². The summed E-state index contributed by atoms with van der Waals surface area (Å²) in [5.74, 6) is -1.89. The summed E-state index contributed by atoms with van der Waals surface area (Å²) in [5, 5.41) is 31.3. The molecule has 0 radical (unpaired) electrons. The lowest BCUT2D eigenvalue weighted by atomic mass is 9.68. The first-order valence-corrected chi connectivity index (χ1v) is 8.50. The van der Waals surface area contributed by atoms with E-state index in [2.05, 4.69) is 9.98 Å². The number of aromatic amines is 1. The van der Waals surface area contributed by atoms with Crippen molar-refractivity contribution in [3.63, 3.8) is 0 Å². The molecule has 0 aliphatic carbocycles. The van der Waals surface area contributed by atoms with Crippen molar-refractivity contribution in [2.24, 2.45) is 10.9 Å². The van der Waals surface area contributed by atoms with E-state index in [0.717, 1.165) is 32.9 Å². The lowest BCUT2D eigenvalue weighted by Crippen LogP contribution is -2.46. The van der Waals surface area contributed by atoms with Crippen LogP contribution in [0.3, 0.4) is 0 Å². The lowest BCUT2D eigenvalue weighted by Gasteiger charge is -2.34. The van der Waals surface area contributed by atoms with Gasteiger partial charge in [-0.05, 0) is 37.1 Å². The molecule has 1 aliphatic heterocycles. The molecule has 26 heavy (non-hydrogen) atoms. The zero-order valence-corrected chi connectivity index (χ0v) is 14.7. The number of carbonyl (C=O) groups is 1. The molecule has 1 aliphatic rings. The van der Waals surface area contributed by atoms with Gasteiger partial charge in [-0.1, -0.05) is 25.1 Å². The number of aromatic nitrogens is 1. The van der Waals surface area contributed by atoms with E-state index in [9.17, 15) is 20.1 Å². The van der Waals surface area contributed by atoms with E-state index in [1.165, 1.54) is 0 Å². The Morgan fingerprint density at radius 3 is 2.58 bits per heavy atom. The van der Waals surface area contributed by atoms with Gasteiger partial charge >= 0.3 is 5.97 Å². The molecule has 0 fully saturated rings. The number of aliphatic hydroxyl groups is 2. The quantitative estimate of drug-likeness (QED) is 0.544. The lowest BCUT2D eigenvalue weighted by molar-refractivity contribution is -0.130. The molecule has 0 bridgehead atoms. The Hall–Kier alpha value is -2.70. The van der Waals surface area contributed by atoms with Crippen molar-refractivity contribution in [1.29, 1.82) is 0 Å². The number of fused-ring (bicyclic) bond motifs is 4. The minimum absolute atomic E-state index is 0.0619. The molecule has 0 saturated carbocycles. The van der Waals surface area contributed by atoms with E-state index >= 15 is 0 Å². The molecule has 6 nitrogen and oxygen atoms in total. The van der Waals surface area contributed by atoms with Gasteiger partial charge in [-0.2, -0.15) is 0 Å². The van der Waals surface area contributed by atoms with Crippen molar-refractivity contribution in [3.8, 4) is 0 Å². The van der Waals surface area contributed by atoms with Crippen LogP contribution in [0, 0.1) is 12.8 Å². The minimum Gasteiger partial charge on any atom is -0.477 e. The highest BCUT2D eigenvalue weighted by molar-refractivity contribution is 6.41. The van der Waals surface area contributed by atoms with Gasteiger partial charge in [0.05, 0.1) is 11.1 Å². The first-order valence-electron chi connectivity index (χ1n) is 8.50. The highest BCUT2D eigenvalue weighted by atomic mass is 16.5. The van der Waals surface area contributed by atoms with Crippen LogP contribution in [0.15, 0.2) is 35.3 Å². The fourth-order valence-corrected chi connectivity index (χ4v) is 4.25. The Morgan fingerprint density at radius 2 is 1.92 bits per heavy atom. The monoisotopic (exact) mass is 352 g/mol. The highest BCUT2D eigenvalue weighted by Crippen LogP contribution is 2.50. The zero-order valence-electron chi connectivity index (χ0n) is 14.7. The molecule has 4 N–H and O–H groups in total. The number of aryl methyl sites for hydroxylation is 1. The smallest absolute Gasteiger partial charge is 0.351 e. The molecular formula is C20H20N2O4. The number of para-hydroxylation sites is 1. The van der Waals surface area contributed by atoms with Crippen LogP contribution in [-0.4, -0.2) is 38.3 Å². The van der Waals surface area contributed by atoms with Crippen LogP contribution in [0.2, 0.25) is 0 Å². The van der Waals surface area contributed by atoms with E-state index in [4.69, 9.17) is 0 Å². The summed E-state index contributed by atoms with van der Waals surface area (Å²) in [4.78, 5) is 19.7. The number of aliphatic carboxylic acids is 1. The maximum absolute atomic E-state index is 11.9. The second-order valence-corrected chi connectivity index (χ2v) is 7.16. The number of nitrogens with zero attached hydrogens (tertiary/aromatic N) is 1. The molecule has 2 aromatic carbocycles. The molecule has 0 saturated heterocycles. The number of aliphatic imine (C=N–C) groups is 1. The fraction of sp³-hybridized carbons (Fsp3) is 0.300. The molecule has 1 aromatic heterocycles. The van der Waals surface area contributed by atoms with Gasteiger partial charge < -0.3 is 20.3 Å². The summed E-state index contributed by atoms with van der Waals surface area (Å²) in [6.07, 6.45) is -1.66. The molecule has 6 heteroatoms. The first-order chi connectivity index (χ1) is 12.3. The number of H-pyrrole nitrogens is 1. The Balaban J connectivity index is 2.10. The molecule has 0 amide bonds. The normalized spacial score (nSPS) is 20.6. The van der Waals surface area contributed by atoms with Gasteiger partial charge in [0.1, 0.15) is 5.71 Å². The third kappa shape index (κ3) is 2.00. The van der Waals surface area contributed by atoms with Crippen molar-refractivity contribution in [3.05, 3.63) is 41.5 Å². The Morgan fingerprint density at radius 1 is 1.23 bits per heavy atom. The van der Waals surface area contributed by atoms with Crippen molar-refractivity contribution in [1.82, 2.24) is 4.98 Å². The standard InChI is InChI=1S/C20H20N2O4/c1-9-15-14(8-12-11-6-4-5-7-13(11)21-16(9)12)22-17(19(25)26)20(15,3)10(2)18(23)24/h4-8,10,18,21,23-24H,1-3H3,(H,25,26). The van der Waals surface area contributed by atoms with Gasteiger partial charge in [-0.25, -0.2) is 9.79 Å². The number of rotatable bonds is 3. The average Bonchev–Trinajstić information content (AvgIpc) is 3.11. The summed E-state index contributed by atoms with van der Waals surface area (Å²) in [6, 6.07) is 9.80. The second-order valence-electron chi connectivity index (χ2n) is 7.16. The van der Waals surface area contributed by atoms with Crippen molar-refractivity contribution in [2.45, 2.75) is 32.5 Å². The maximum Gasteiger partial charge on any atom is 0.351 e. The predicted molar refractivity (Wildman–Crippen MR) is 100 cm³/mol. The summed E-state index contributed by atoms with van der Waals surface area (Å²) < 4.78 is 0. The van der Waals surface area contributed by atoms with Crippen LogP contribution in [0.5, 0.6) is 0 Å². The van der Waals surface area contributed by atoms with E-state index in [-0.39, 0.29) is 5.71 Å². The molecule has 2 unspecified atom stereocenters. The summed E-state index contributed by atoms with van der Waals surface area (Å²) in [6.45, 7) is 5.27. The highest BCUT2D eigenvalue weighted by Gasteiger charge is 2.50. The Labute approximate surface area is 149 Å². The number of carboxylic acids is 1. The molecule has 0 spiro atoms. The number of carboxylic acid groups (broad SMARTS) is 1. The molecule has 2 heterocycles. The van der Waals surface area contributed by atoms with Crippen LogP contribution >= 0.6 is 0 Å². The average molecular weight is 352 g/mol. The predicted octanol–water partition coefficient (Wildman–Crippen LogP) is 3.00. The third-order valence-electron chi connectivity index (χ3n) is 5.84. The van der Waals surface area contributed by atoms with Gasteiger partial charge in [0.2, 0.25) is 0 Å². The van der Waals surface area contributed by atoms with Crippen molar-refractivity contribution in [2.75, 3.05) is 0 Å². The Bertz CT molecular complexity index is 1100. The van der Waals surface area contributed by atoms with E-state index in [1.54, 1.807) is 13.8 Å². The summed E-state index contributed by atoms with van der Waals surface area (Å²) in [5.41, 5.74) is 2.93. The van der Waals surface area contributed by atoms with Gasteiger partial charge in [0.15, 0.2) is 6.29 Å². The topological polar surface area (TPSA) is 106 Å². The molecule has 4 rings (SSSR count). The van der Waals surface area contributed by atoms with Crippen LogP contribution in [0.25, 0.3) is 21.8 Å². The molecular weight excluding hydrogens is 332 g/mol. The maximum atomic E-state index is 11.9. The van der Waals surface area contributed by atoms with Crippen LogP contribution < -0.4 is 0 Å². The Kier molecular flexibility index (Phi) is 3.48. The van der Waals surface area contributed by atoms with Crippen molar-refractivity contribution < 1.29 is 20.1 Å². The third-order valence-corrected chi connectivity index (χ3v) is 5.84. The number of nitrogens with one attached hydrogen (secondary N) is 1. The number of benzene rings is 2. The largest absolute Gasteiger partial charge is 0.477 e. The molecule has 2 atom stereocenters. The zero-order chi connectivity index (χ0) is 18.8. The summed E-state index contributed by atoms with van der Waals surface area (Å²) in [7, 11) is 0. The minimum atomic E-state index is -1.66. The van der Waals surface area contributed by atoms with Crippen LogP contribution in [0.1, 0.15) is 25.0 Å². The second kappa shape index (κ2) is 5.40. The van der Waals surface area contributed by atoms with Gasteiger partial charge in [0, 0.05) is 27.7 Å². The SMILES string of the molecule is Cc1c2c(cc3c1[nH]c1ccccc13)N=C(C(=O)O)C2(C)C(C)C(O)O. The van der Waals surface area contributed by atoms with E-state index in [0.29, 0.717) is 5.69 Å². The summed E-state index contributed by atoms with van der Waals surface area (Å²) >= 11 is 0. The van der Waals surface area contributed by atoms with Crippen LogP contribution in [-0.2, 0) is 10.2 Å². The number of hydrogen-bond acceptors (Lipinski definition) is 4. The van der Waals surface area contributed by atoms with Crippen molar-refractivity contribution >= 4 is 39.2 Å². The number of aliphatic hydroxyl groups excluding tert-OH is 1. The first kappa shape index (κ1) is 16.8. The van der Waals surface area contributed by atoms with Gasteiger partial charge in [-0.3, -0.25) is 0 Å². The molecule has 3 aromatic rings. The fourth-order valence-electron chi connectivity index (χ4n) is 4.25. The molecule has 134 valence electrons. The van der Waals surface area contributed by atoms with Gasteiger partial charge in [0.25, 0.3) is 0 Å². The van der Waals surface area contributed by atoms with E-state index in [1.807, 2.05) is 37.3 Å². The number of hydrogen-bond donors (Lipinski definition) is 4. The van der Waals surface area contributed by atoms with Crippen LogP contribution in [0.4, 0.5) is 5.69 Å². The van der Waals surface area contributed by atoms with E-state index < -0.39 is 23.6 Å².